The molecule has 0 spiro atoms. The lowest BCUT2D eigenvalue weighted by Gasteiger charge is -2.04. The van der Waals surface area contributed by atoms with Gasteiger partial charge in [0.2, 0.25) is 0 Å². The molecule has 2 aromatic rings. The monoisotopic (exact) mass is 216 g/mol. The van der Waals surface area contributed by atoms with Gasteiger partial charge >= 0.3 is 0 Å². The number of carbonyl (C=O) groups is 1. The summed E-state index contributed by atoms with van der Waals surface area (Å²) >= 11 is 0. The zero-order valence-electron chi connectivity index (χ0n) is 8.96. The molecule has 0 aliphatic carbocycles. The lowest BCUT2D eigenvalue weighted by atomic mass is 10.2. The van der Waals surface area contributed by atoms with E-state index >= 15 is 0 Å². The maximum Gasteiger partial charge on any atom is 0.158 e. The van der Waals surface area contributed by atoms with Crippen molar-refractivity contribution >= 4 is 6.29 Å². The third-order valence-corrected chi connectivity index (χ3v) is 2.24. The van der Waals surface area contributed by atoms with E-state index in [1.54, 1.807) is 17.1 Å². The first-order valence-corrected chi connectivity index (χ1v) is 4.98. The van der Waals surface area contributed by atoms with Gasteiger partial charge in [-0.05, 0) is 18.6 Å². The SMILES string of the molecule is Cc1ccccc1-n1cc(OCC=O)cn1. The van der Waals surface area contributed by atoms with Crippen molar-refractivity contribution < 1.29 is 9.53 Å². The van der Waals surface area contributed by atoms with Crippen molar-refractivity contribution in [2.75, 3.05) is 6.61 Å². The Morgan fingerprint density at radius 1 is 1.44 bits per heavy atom. The molecule has 1 aromatic carbocycles. The number of ether oxygens (including phenoxy) is 1. The second kappa shape index (κ2) is 4.61. The highest BCUT2D eigenvalue weighted by Gasteiger charge is 2.03. The quantitative estimate of drug-likeness (QED) is 0.731. The highest BCUT2D eigenvalue weighted by Crippen LogP contribution is 2.16. The smallest absolute Gasteiger partial charge is 0.158 e. The van der Waals surface area contributed by atoms with Gasteiger partial charge in [-0.2, -0.15) is 5.10 Å². The lowest BCUT2D eigenvalue weighted by molar-refractivity contribution is -0.109. The van der Waals surface area contributed by atoms with Gasteiger partial charge in [-0.15, -0.1) is 0 Å². The van der Waals surface area contributed by atoms with E-state index in [2.05, 4.69) is 5.10 Å². The van der Waals surface area contributed by atoms with Crippen LogP contribution in [0.5, 0.6) is 5.75 Å². The predicted molar refractivity (Wildman–Crippen MR) is 59.9 cm³/mol. The van der Waals surface area contributed by atoms with Gasteiger partial charge in [-0.25, -0.2) is 4.68 Å². The number of rotatable bonds is 4. The van der Waals surface area contributed by atoms with E-state index in [1.807, 2.05) is 31.2 Å². The zero-order valence-corrected chi connectivity index (χ0v) is 8.96. The summed E-state index contributed by atoms with van der Waals surface area (Å²) in [5.41, 5.74) is 2.14. The molecule has 4 nitrogen and oxygen atoms in total. The summed E-state index contributed by atoms with van der Waals surface area (Å²) < 4.78 is 6.88. The Morgan fingerprint density at radius 2 is 2.25 bits per heavy atom. The topological polar surface area (TPSA) is 44.1 Å². The average Bonchev–Trinajstić information content (AvgIpc) is 2.75. The Hall–Kier alpha value is -2.10. The summed E-state index contributed by atoms with van der Waals surface area (Å²) in [5, 5.41) is 4.18. The number of carbonyl (C=O) groups excluding carboxylic acids is 1. The van der Waals surface area contributed by atoms with Crippen LogP contribution in [0.25, 0.3) is 5.69 Å². The molecular formula is C12H12N2O2. The third kappa shape index (κ3) is 2.11. The molecule has 0 radical (unpaired) electrons. The highest BCUT2D eigenvalue weighted by atomic mass is 16.5. The molecule has 4 heteroatoms. The van der Waals surface area contributed by atoms with Crippen LogP contribution in [0.15, 0.2) is 36.7 Å². The van der Waals surface area contributed by atoms with Crippen molar-refractivity contribution in [3.8, 4) is 11.4 Å². The zero-order chi connectivity index (χ0) is 11.4. The molecular weight excluding hydrogens is 204 g/mol. The molecule has 0 amide bonds. The number of benzene rings is 1. The van der Waals surface area contributed by atoms with E-state index in [4.69, 9.17) is 4.74 Å². The maximum absolute atomic E-state index is 10.2. The van der Waals surface area contributed by atoms with Crippen molar-refractivity contribution in [2.45, 2.75) is 6.92 Å². The Morgan fingerprint density at radius 3 is 3.00 bits per heavy atom. The van der Waals surface area contributed by atoms with Crippen LogP contribution in [0.1, 0.15) is 5.56 Å². The first kappa shape index (κ1) is 10.4. The van der Waals surface area contributed by atoms with E-state index < -0.39 is 0 Å². The molecule has 0 N–H and O–H groups in total. The van der Waals surface area contributed by atoms with E-state index in [0.717, 1.165) is 11.3 Å². The summed E-state index contributed by atoms with van der Waals surface area (Å²) in [4.78, 5) is 10.2. The van der Waals surface area contributed by atoms with Gasteiger partial charge in [-0.3, -0.25) is 4.79 Å². The van der Waals surface area contributed by atoms with Gasteiger partial charge in [0.15, 0.2) is 12.0 Å². The minimum atomic E-state index is 0.0550. The van der Waals surface area contributed by atoms with Crippen LogP contribution in [0.2, 0.25) is 0 Å². The van der Waals surface area contributed by atoms with Crippen molar-refractivity contribution in [3.63, 3.8) is 0 Å². The number of aromatic nitrogens is 2. The number of aldehydes is 1. The van der Waals surface area contributed by atoms with E-state index in [0.29, 0.717) is 12.0 Å². The molecule has 1 heterocycles. The molecule has 0 aliphatic heterocycles. The van der Waals surface area contributed by atoms with Crippen LogP contribution < -0.4 is 4.74 Å². The minimum Gasteiger partial charge on any atom is -0.483 e. The Labute approximate surface area is 93.5 Å². The summed E-state index contributed by atoms with van der Waals surface area (Å²) in [6, 6.07) is 7.93. The fraction of sp³-hybridized carbons (Fsp3) is 0.167. The van der Waals surface area contributed by atoms with Crippen LogP contribution in [0.4, 0.5) is 0 Å². The van der Waals surface area contributed by atoms with Crippen LogP contribution in [0, 0.1) is 6.92 Å². The van der Waals surface area contributed by atoms with Crippen molar-refractivity contribution in [1.29, 1.82) is 0 Å². The number of para-hydroxylation sites is 1. The largest absolute Gasteiger partial charge is 0.483 e. The van der Waals surface area contributed by atoms with Crippen LogP contribution >= 0.6 is 0 Å². The predicted octanol–water partition coefficient (Wildman–Crippen LogP) is 1.76. The first-order chi connectivity index (χ1) is 7.81. The molecule has 0 saturated heterocycles. The Balaban J connectivity index is 2.25. The normalized spacial score (nSPS) is 10.1. The van der Waals surface area contributed by atoms with Crippen LogP contribution in [-0.2, 0) is 4.79 Å². The van der Waals surface area contributed by atoms with Crippen molar-refractivity contribution in [2.24, 2.45) is 0 Å². The average molecular weight is 216 g/mol. The fourth-order valence-corrected chi connectivity index (χ4v) is 1.46. The van der Waals surface area contributed by atoms with E-state index in [-0.39, 0.29) is 6.61 Å². The standard InChI is InChI=1S/C12H12N2O2/c1-10-4-2-3-5-12(10)14-9-11(8-13-14)16-7-6-15/h2-6,8-9H,7H2,1H3. The molecule has 82 valence electrons. The molecule has 0 aliphatic rings. The molecule has 0 fully saturated rings. The van der Waals surface area contributed by atoms with E-state index in [1.165, 1.54) is 0 Å². The van der Waals surface area contributed by atoms with Gasteiger partial charge in [-0.1, -0.05) is 18.2 Å². The molecule has 2 rings (SSSR count). The van der Waals surface area contributed by atoms with Gasteiger partial charge < -0.3 is 4.74 Å². The highest BCUT2D eigenvalue weighted by molar-refractivity contribution is 5.51. The van der Waals surface area contributed by atoms with Crippen LogP contribution in [-0.4, -0.2) is 22.7 Å². The molecule has 0 atom stereocenters. The Kier molecular flexibility index (Phi) is 3.00. The molecule has 0 bridgehead atoms. The van der Waals surface area contributed by atoms with Crippen molar-refractivity contribution in [3.05, 3.63) is 42.2 Å². The number of hydrogen-bond donors (Lipinski definition) is 0. The molecule has 16 heavy (non-hydrogen) atoms. The van der Waals surface area contributed by atoms with Crippen LogP contribution in [0.3, 0.4) is 0 Å². The summed E-state index contributed by atoms with van der Waals surface area (Å²) in [6.07, 6.45) is 4.06. The van der Waals surface area contributed by atoms with Gasteiger partial charge in [0.05, 0.1) is 18.1 Å². The second-order valence-electron chi connectivity index (χ2n) is 3.38. The fourth-order valence-electron chi connectivity index (χ4n) is 1.46. The lowest BCUT2D eigenvalue weighted by Crippen LogP contribution is -1.98. The minimum absolute atomic E-state index is 0.0550. The van der Waals surface area contributed by atoms with Crippen molar-refractivity contribution in [1.82, 2.24) is 9.78 Å². The first-order valence-electron chi connectivity index (χ1n) is 4.98. The number of nitrogens with zero attached hydrogens (tertiary/aromatic N) is 2. The second-order valence-corrected chi connectivity index (χ2v) is 3.38. The van der Waals surface area contributed by atoms with Gasteiger partial charge in [0.1, 0.15) is 6.61 Å². The third-order valence-electron chi connectivity index (χ3n) is 2.24. The summed E-state index contributed by atoms with van der Waals surface area (Å²) in [6.45, 7) is 2.07. The summed E-state index contributed by atoms with van der Waals surface area (Å²) in [7, 11) is 0. The maximum atomic E-state index is 10.2. The van der Waals surface area contributed by atoms with E-state index in [9.17, 15) is 4.79 Å². The molecule has 0 saturated carbocycles. The van der Waals surface area contributed by atoms with Gasteiger partial charge in [0.25, 0.3) is 0 Å². The number of hydrogen-bond acceptors (Lipinski definition) is 3. The summed E-state index contributed by atoms with van der Waals surface area (Å²) in [5.74, 6) is 0.593. The molecule has 1 aromatic heterocycles. The number of aryl methyl sites for hydroxylation is 1. The van der Waals surface area contributed by atoms with Gasteiger partial charge in [0, 0.05) is 0 Å². The Bertz CT molecular complexity index is 491. The molecule has 0 unspecified atom stereocenters.